The molecular formula is C28H34N6O3. The number of nitrogens with zero attached hydrogens (tertiary/aromatic N) is 5. The van der Waals surface area contributed by atoms with Crippen molar-refractivity contribution < 1.29 is 9.47 Å². The van der Waals surface area contributed by atoms with Crippen LogP contribution in [0.2, 0.25) is 0 Å². The van der Waals surface area contributed by atoms with Gasteiger partial charge in [0, 0.05) is 36.2 Å². The van der Waals surface area contributed by atoms with Gasteiger partial charge in [0.15, 0.2) is 5.82 Å². The van der Waals surface area contributed by atoms with Crippen molar-refractivity contribution in [2.75, 3.05) is 20.3 Å². The van der Waals surface area contributed by atoms with Crippen LogP contribution in [0.3, 0.4) is 0 Å². The normalized spacial score (nSPS) is 16.5. The van der Waals surface area contributed by atoms with Crippen molar-refractivity contribution in [3.05, 3.63) is 81.9 Å². The number of H-pyrrole nitrogens is 1. The maximum Gasteiger partial charge on any atom is 0.252 e. The number of hydrogen-bond acceptors (Lipinski definition) is 7. The highest BCUT2D eigenvalue weighted by Crippen LogP contribution is 2.29. The number of aromatic nitrogens is 5. The van der Waals surface area contributed by atoms with Gasteiger partial charge in [-0.2, -0.15) is 0 Å². The number of pyridine rings is 1. The number of tetrazole rings is 1. The van der Waals surface area contributed by atoms with E-state index in [4.69, 9.17) is 9.47 Å². The first kappa shape index (κ1) is 25.1. The Hall–Kier alpha value is -3.56. The van der Waals surface area contributed by atoms with Gasteiger partial charge in [-0.25, -0.2) is 4.68 Å². The van der Waals surface area contributed by atoms with Crippen LogP contribution in [0.5, 0.6) is 5.75 Å². The van der Waals surface area contributed by atoms with Gasteiger partial charge in [-0.15, -0.1) is 5.10 Å². The second-order valence-electron chi connectivity index (χ2n) is 9.63. The van der Waals surface area contributed by atoms with E-state index in [9.17, 15) is 4.79 Å². The summed E-state index contributed by atoms with van der Waals surface area (Å²) >= 11 is 0. The summed E-state index contributed by atoms with van der Waals surface area (Å²) < 4.78 is 13.3. The smallest absolute Gasteiger partial charge is 0.252 e. The number of hydrogen-bond donors (Lipinski definition) is 1. The van der Waals surface area contributed by atoms with Crippen molar-refractivity contribution in [3.63, 3.8) is 0 Å². The first-order chi connectivity index (χ1) is 18.1. The monoisotopic (exact) mass is 502 g/mol. The summed E-state index contributed by atoms with van der Waals surface area (Å²) in [5.74, 6) is 1.56. The van der Waals surface area contributed by atoms with E-state index in [1.54, 1.807) is 7.11 Å². The summed E-state index contributed by atoms with van der Waals surface area (Å²) in [6.07, 6.45) is 4.00. The number of ether oxygens (including phenoxy) is 2. The standard InChI is InChI=1S/C28H34N6O3/c1-3-8-26(27-30-31-32-34(27)17-20-9-5-4-6-10-20)33(19-24-11-7-14-37-24)18-22-15-21-16-23(36-2)12-13-25(21)29-28(22)35/h4-6,9-10,12-13,15-16,24,26H,3,7-8,11,14,17-19H2,1-2H3,(H,29,35)/t24-,26+/m0/s1. The van der Waals surface area contributed by atoms with Crippen molar-refractivity contribution in [2.45, 2.75) is 57.8 Å². The van der Waals surface area contributed by atoms with Crippen LogP contribution >= 0.6 is 0 Å². The zero-order valence-corrected chi connectivity index (χ0v) is 21.5. The predicted molar refractivity (Wildman–Crippen MR) is 142 cm³/mol. The van der Waals surface area contributed by atoms with E-state index in [0.717, 1.165) is 60.3 Å². The summed E-state index contributed by atoms with van der Waals surface area (Å²) in [6.45, 7) is 4.70. The van der Waals surface area contributed by atoms with Crippen molar-refractivity contribution in [1.82, 2.24) is 30.1 Å². The molecule has 0 saturated carbocycles. The second-order valence-corrected chi connectivity index (χ2v) is 9.63. The number of methoxy groups -OCH3 is 1. The Labute approximate surface area is 216 Å². The first-order valence-electron chi connectivity index (χ1n) is 13.0. The molecule has 37 heavy (non-hydrogen) atoms. The van der Waals surface area contributed by atoms with Crippen LogP contribution in [-0.4, -0.2) is 56.5 Å². The van der Waals surface area contributed by atoms with Gasteiger partial charge in [0.1, 0.15) is 5.75 Å². The van der Waals surface area contributed by atoms with Gasteiger partial charge in [0.05, 0.1) is 25.8 Å². The molecule has 0 bridgehead atoms. The molecule has 194 valence electrons. The van der Waals surface area contributed by atoms with Gasteiger partial charge in [0.25, 0.3) is 5.56 Å². The predicted octanol–water partition coefficient (Wildman–Crippen LogP) is 4.09. The molecule has 3 heterocycles. The van der Waals surface area contributed by atoms with E-state index in [1.807, 2.05) is 47.1 Å². The van der Waals surface area contributed by atoms with Crippen molar-refractivity contribution in [3.8, 4) is 5.75 Å². The average Bonchev–Trinajstić information content (AvgIpc) is 3.60. The lowest BCUT2D eigenvalue weighted by Gasteiger charge is -2.32. The summed E-state index contributed by atoms with van der Waals surface area (Å²) in [6, 6.07) is 17.8. The quantitative estimate of drug-likeness (QED) is 0.330. The topological polar surface area (TPSA) is 98.2 Å². The zero-order chi connectivity index (χ0) is 25.6. The maximum atomic E-state index is 13.1. The Morgan fingerprint density at radius 3 is 2.84 bits per heavy atom. The maximum absolute atomic E-state index is 13.1. The summed E-state index contributed by atoms with van der Waals surface area (Å²) in [5, 5.41) is 13.8. The Kier molecular flexibility index (Phi) is 7.91. The van der Waals surface area contributed by atoms with E-state index < -0.39 is 0 Å². The van der Waals surface area contributed by atoms with Crippen LogP contribution in [0.15, 0.2) is 59.4 Å². The highest BCUT2D eigenvalue weighted by molar-refractivity contribution is 5.80. The number of nitrogens with one attached hydrogen (secondary N) is 1. The summed E-state index contributed by atoms with van der Waals surface area (Å²) in [4.78, 5) is 18.5. The Balaban J connectivity index is 1.50. The molecule has 1 aliphatic rings. The summed E-state index contributed by atoms with van der Waals surface area (Å²) in [7, 11) is 1.64. The van der Waals surface area contributed by atoms with Crippen LogP contribution in [0.25, 0.3) is 10.9 Å². The molecule has 1 fully saturated rings. The molecule has 1 saturated heterocycles. The van der Waals surface area contributed by atoms with Gasteiger partial charge >= 0.3 is 0 Å². The fourth-order valence-electron chi connectivity index (χ4n) is 5.11. The third-order valence-electron chi connectivity index (χ3n) is 7.00. The molecule has 9 nitrogen and oxygen atoms in total. The van der Waals surface area contributed by atoms with Crippen molar-refractivity contribution in [1.29, 1.82) is 0 Å². The minimum absolute atomic E-state index is 0.0617. The highest BCUT2D eigenvalue weighted by atomic mass is 16.5. The number of fused-ring (bicyclic) bond motifs is 1. The molecule has 2 aromatic heterocycles. The molecule has 1 aliphatic heterocycles. The molecule has 0 aliphatic carbocycles. The van der Waals surface area contributed by atoms with Crippen molar-refractivity contribution in [2.24, 2.45) is 0 Å². The van der Waals surface area contributed by atoms with Gasteiger partial charge in [0.2, 0.25) is 0 Å². The van der Waals surface area contributed by atoms with E-state index >= 15 is 0 Å². The Morgan fingerprint density at radius 2 is 2.08 bits per heavy atom. The first-order valence-corrected chi connectivity index (χ1v) is 13.0. The number of benzene rings is 2. The van der Waals surface area contributed by atoms with Crippen LogP contribution in [0.4, 0.5) is 0 Å². The molecule has 0 radical (unpaired) electrons. The van der Waals surface area contributed by atoms with Gasteiger partial charge in [-0.3, -0.25) is 9.69 Å². The van der Waals surface area contributed by atoms with Crippen molar-refractivity contribution >= 4 is 10.9 Å². The van der Waals surface area contributed by atoms with E-state index in [2.05, 4.69) is 44.5 Å². The fourth-order valence-corrected chi connectivity index (χ4v) is 5.11. The van der Waals surface area contributed by atoms with Crippen LogP contribution in [0, 0.1) is 0 Å². The molecular weight excluding hydrogens is 468 g/mol. The van der Waals surface area contributed by atoms with Gasteiger partial charge in [-0.05, 0) is 59.5 Å². The lowest BCUT2D eigenvalue weighted by atomic mass is 10.1. The zero-order valence-electron chi connectivity index (χ0n) is 21.5. The third kappa shape index (κ3) is 5.89. The Morgan fingerprint density at radius 1 is 1.22 bits per heavy atom. The lowest BCUT2D eigenvalue weighted by molar-refractivity contribution is 0.0476. The number of aromatic amines is 1. The minimum Gasteiger partial charge on any atom is -0.497 e. The average molecular weight is 503 g/mol. The largest absolute Gasteiger partial charge is 0.497 e. The van der Waals surface area contributed by atoms with E-state index in [0.29, 0.717) is 25.2 Å². The third-order valence-corrected chi connectivity index (χ3v) is 7.00. The lowest BCUT2D eigenvalue weighted by Crippen LogP contribution is -2.38. The highest BCUT2D eigenvalue weighted by Gasteiger charge is 2.30. The molecule has 5 rings (SSSR count). The SMILES string of the molecule is CCC[C@H](c1nnnn1Cc1ccccc1)N(Cc1cc2cc(OC)ccc2[nH]c1=O)C[C@@H]1CCCO1. The van der Waals surface area contributed by atoms with E-state index in [1.165, 1.54) is 0 Å². The molecule has 1 N–H and O–H groups in total. The second kappa shape index (κ2) is 11.7. The molecule has 0 spiro atoms. The molecule has 9 heteroatoms. The van der Waals surface area contributed by atoms with E-state index in [-0.39, 0.29) is 17.7 Å². The molecule has 0 unspecified atom stereocenters. The van der Waals surface area contributed by atoms with Gasteiger partial charge in [-0.1, -0.05) is 43.7 Å². The fraction of sp³-hybridized carbons (Fsp3) is 0.429. The number of rotatable bonds is 11. The summed E-state index contributed by atoms with van der Waals surface area (Å²) in [5.41, 5.74) is 2.53. The van der Waals surface area contributed by atoms with Gasteiger partial charge < -0.3 is 14.5 Å². The molecule has 2 aromatic carbocycles. The minimum atomic E-state index is -0.0888. The molecule has 4 aromatic rings. The van der Waals surface area contributed by atoms with Crippen LogP contribution < -0.4 is 10.3 Å². The molecule has 2 atom stereocenters. The Bertz CT molecular complexity index is 1360. The molecule has 0 amide bonds. The van der Waals surface area contributed by atoms with Crippen LogP contribution in [0.1, 0.15) is 55.6 Å². The van der Waals surface area contributed by atoms with Crippen LogP contribution in [-0.2, 0) is 17.8 Å².